The molecule has 0 saturated heterocycles. The number of benzene rings is 1. The molecule has 0 aromatic heterocycles. The molecular weight excluding hydrogens is 370 g/mol. The smallest absolute Gasteiger partial charge is 0.320 e. The van der Waals surface area contributed by atoms with Gasteiger partial charge in [0.1, 0.15) is 6.04 Å². The summed E-state index contributed by atoms with van der Waals surface area (Å²) in [7, 11) is -0.749. The Bertz CT molecular complexity index is 694. The first-order valence-corrected chi connectivity index (χ1v) is 8.91. The topological polar surface area (TPSA) is 116 Å². The van der Waals surface area contributed by atoms with Crippen molar-refractivity contribution < 1.29 is 23.1 Å². The SMILES string of the molecule is CCCC(NCC(=O)Nc1cccc(S(=O)(=O)N(C)C)c1)C(=O)O.Cl. The number of aliphatic carboxylic acids is 1. The van der Waals surface area contributed by atoms with E-state index >= 15 is 0 Å². The van der Waals surface area contributed by atoms with Crippen LogP contribution in [0.4, 0.5) is 5.69 Å². The maximum absolute atomic E-state index is 12.1. The van der Waals surface area contributed by atoms with E-state index < -0.39 is 27.9 Å². The Morgan fingerprint density at radius 2 is 1.92 bits per heavy atom. The summed E-state index contributed by atoms with van der Waals surface area (Å²) in [5.74, 6) is -1.46. The summed E-state index contributed by atoms with van der Waals surface area (Å²) in [6.07, 6.45) is 1.09. The number of amides is 1. The molecule has 0 spiro atoms. The quantitative estimate of drug-likeness (QED) is 0.579. The molecule has 142 valence electrons. The van der Waals surface area contributed by atoms with E-state index in [2.05, 4.69) is 10.6 Å². The molecule has 8 nitrogen and oxygen atoms in total. The number of carboxylic acids is 1. The van der Waals surface area contributed by atoms with Gasteiger partial charge in [0, 0.05) is 19.8 Å². The summed E-state index contributed by atoms with van der Waals surface area (Å²) < 4.78 is 25.2. The minimum absolute atomic E-state index is 0. The van der Waals surface area contributed by atoms with Gasteiger partial charge in [0.2, 0.25) is 15.9 Å². The van der Waals surface area contributed by atoms with Crippen molar-refractivity contribution in [3.63, 3.8) is 0 Å². The van der Waals surface area contributed by atoms with Crippen LogP contribution < -0.4 is 10.6 Å². The molecule has 0 saturated carbocycles. The van der Waals surface area contributed by atoms with Crippen LogP contribution in [0.15, 0.2) is 29.2 Å². The maximum atomic E-state index is 12.1. The number of hydrogen-bond acceptors (Lipinski definition) is 5. The summed E-state index contributed by atoms with van der Waals surface area (Å²) in [4.78, 5) is 23.0. The fourth-order valence-electron chi connectivity index (χ4n) is 1.97. The van der Waals surface area contributed by atoms with Crippen molar-refractivity contribution in [2.24, 2.45) is 0 Å². The average molecular weight is 394 g/mol. The Morgan fingerprint density at radius 3 is 2.44 bits per heavy atom. The molecule has 0 fully saturated rings. The minimum Gasteiger partial charge on any atom is -0.480 e. The first-order valence-electron chi connectivity index (χ1n) is 7.47. The lowest BCUT2D eigenvalue weighted by Gasteiger charge is -2.14. The second-order valence-corrected chi connectivity index (χ2v) is 7.58. The van der Waals surface area contributed by atoms with Crippen molar-refractivity contribution in [2.75, 3.05) is 26.0 Å². The number of anilines is 1. The van der Waals surface area contributed by atoms with Crippen molar-refractivity contribution in [1.82, 2.24) is 9.62 Å². The van der Waals surface area contributed by atoms with Crippen LogP contribution in [0.5, 0.6) is 0 Å². The molecule has 0 radical (unpaired) electrons. The van der Waals surface area contributed by atoms with Gasteiger partial charge in [-0.25, -0.2) is 12.7 Å². The van der Waals surface area contributed by atoms with Crippen molar-refractivity contribution >= 4 is 40.0 Å². The Kier molecular flexibility index (Phi) is 9.65. The number of carbonyl (C=O) groups is 2. The van der Waals surface area contributed by atoms with Gasteiger partial charge < -0.3 is 10.4 Å². The van der Waals surface area contributed by atoms with Crippen LogP contribution in [0.1, 0.15) is 19.8 Å². The minimum atomic E-state index is -3.59. The highest BCUT2D eigenvalue weighted by atomic mass is 35.5. The standard InChI is InChI=1S/C15H23N3O5S.ClH/c1-4-6-13(15(20)21)16-10-14(19)17-11-7-5-8-12(9-11)24(22,23)18(2)3;/h5,7-9,13,16H,4,6,10H2,1-3H3,(H,17,19)(H,20,21);1H. The zero-order valence-corrected chi connectivity index (χ0v) is 16.0. The predicted molar refractivity (Wildman–Crippen MR) is 97.5 cm³/mol. The van der Waals surface area contributed by atoms with Crippen LogP contribution in [0, 0.1) is 0 Å². The Hall–Kier alpha value is -1.68. The average Bonchev–Trinajstić information content (AvgIpc) is 2.51. The van der Waals surface area contributed by atoms with Gasteiger partial charge in [0.25, 0.3) is 0 Å². The lowest BCUT2D eigenvalue weighted by Crippen LogP contribution is -2.41. The lowest BCUT2D eigenvalue weighted by molar-refractivity contribution is -0.139. The highest BCUT2D eigenvalue weighted by Gasteiger charge is 2.19. The largest absolute Gasteiger partial charge is 0.480 e. The van der Waals surface area contributed by atoms with E-state index in [1.807, 2.05) is 6.92 Å². The zero-order valence-electron chi connectivity index (χ0n) is 14.4. The van der Waals surface area contributed by atoms with Gasteiger partial charge in [-0.15, -0.1) is 12.4 Å². The molecule has 0 bridgehead atoms. The molecule has 0 aliphatic rings. The highest BCUT2D eigenvalue weighted by molar-refractivity contribution is 7.89. The van der Waals surface area contributed by atoms with E-state index in [9.17, 15) is 18.0 Å². The summed E-state index contributed by atoms with van der Waals surface area (Å²) in [6.45, 7) is 1.68. The predicted octanol–water partition coefficient (Wildman–Crippen LogP) is 1.14. The zero-order chi connectivity index (χ0) is 18.3. The van der Waals surface area contributed by atoms with E-state index in [4.69, 9.17) is 5.11 Å². The normalized spacial score (nSPS) is 12.3. The van der Waals surface area contributed by atoms with Crippen molar-refractivity contribution in [2.45, 2.75) is 30.7 Å². The molecular formula is C15H24ClN3O5S. The van der Waals surface area contributed by atoms with Crippen LogP contribution >= 0.6 is 12.4 Å². The molecule has 1 rings (SSSR count). The van der Waals surface area contributed by atoms with Gasteiger partial charge in [0.05, 0.1) is 11.4 Å². The van der Waals surface area contributed by atoms with Gasteiger partial charge in [-0.1, -0.05) is 19.4 Å². The first kappa shape index (κ1) is 23.3. The molecule has 0 aliphatic carbocycles. The second kappa shape index (κ2) is 10.3. The third-order valence-electron chi connectivity index (χ3n) is 3.28. The molecule has 1 atom stereocenters. The molecule has 0 aliphatic heterocycles. The summed E-state index contributed by atoms with van der Waals surface area (Å²) in [5, 5.41) is 14.2. The molecule has 10 heteroatoms. The van der Waals surface area contributed by atoms with E-state index in [0.29, 0.717) is 18.5 Å². The monoisotopic (exact) mass is 393 g/mol. The third-order valence-corrected chi connectivity index (χ3v) is 5.09. The van der Waals surface area contributed by atoms with Gasteiger partial charge in [0.15, 0.2) is 0 Å². The maximum Gasteiger partial charge on any atom is 0.320 e. The molecule has 3 N–H and O–H groups in total. The number of rotatable bonds is 9. The Balaban J connectivity index is 0.00000576. The number of sulfonamides is 1. The fourth-order valence-corrected chi connectivity index (χ4v) is 2.92. The second-order valence-electron chi connectivity index (χ2n) is 5.42. The van der Waals surface area contributed by atoms with E-state index in [1.54, 1.807) is 6.07 Å². The molecule has 1 aromatic rings. The number of nitrogens with zero attached hydrogens (tertiary/aromatic N) is 1. The summed E-state index contributed by atoms with van der Waals surface area (Å²) in [6, 6.07) is 5.09. The molecule has 1 aromatic carbocycles. The Morgan fingerprint density at radius 1 is 1.28 bits per heavy atom. The van der Waals surface area contributed by atoms with Crippen LogP contribution in [-0.4, -0.2) is 56.4 Å². The van der Waals surface area contributed by atoms with Gasteiger partial charge >= 0.3 is 5.97 Å². The van der Waals surface area contributed by atoms with E-state index in [1.165, 1.54) is 32.3 Å². The van der Waals surface area contributed by atoms with Crippen LogP contribution in [-0.2, 0) is 19.6 Å². The summed E-state index contributed by atoms with van der Waals surface area (Å²) in [5.41, 5.74) is 0.326. The molecule has 25 heavy (non-hydrogen) atoms. The number of carboxylic acid groups (broad SMARTS) is 1. The van der Waals surface area contributed by atoms with E-state index in [-0.39, 0.29) is 23.8 Å². The van der Waals surface area contributed by atoms with E-state index in [0.717, 1.165) is 4.31 Å². The number of hydrogen-bond donors (Lipinski definition) is 3. The number of halogens is 1. The molecule has 1 amide bonds. The highest BCUT2D eigenvalue weighted by Crippen LogP contribution is 2.17. The van der Waals surface area contributed by atoms with Gasteiger partial charge in [-0.2, -0.15) is 0 Å². The lowest BCUT2D eigenvalue weighted by atomic mass is 10.2. The first-order chi connectivity index (χ1) is 11.2. The Labute approximate surface area is 154 Å². The molecule has 0 heterocycles. The van der Waals surface area contributed by atoms with Crippen LogP contribution in [0.2, 0.25) is 0 Å². The van der Waals surface area contributed by atoms with Crippen molar-refractivity contribution in [3.8, 4) is 0 Å². The summed E-state index contributed by atoms with van der Waals surface area (Å²) >= 11 is 0. The van der Waals surface area contributed by atoms with Crippen LogP contribution in [0.25, 0.3) is 0 Å². The van der Waals surface area contributed by atoms with Crippen molar-refractivity contribution in [1.29, 1.82) is 0 Å². The number of nitrogens with one attached hydrogen (secondary N) is 2. The fraction of sp³-hybridized carbons (Fsp3) is 0.467. The van der Waals surface area contributed by atoms with Gasteiger partial charge in [-0.05, 0) is 24.6 Å². The third kappa shape index (κ3) is 6.99. The van der Waals surface area contributed by atoms with Crippen molar-refractivity contribution in [3.05, 3.63) is 24.3 Å². The van der Waals surface area contributed by atoms with Gasteiger partial charge in [-0.3, -0.25) is 14.9 Å². The van der Waals surface area contributed by atoms with Crippen LogP contribution in [0.3, 0.4) is 0 Å². The molecule has 1 unspecified atom stereocenters. The number of carbonyl (C=O) groups excluding carboxylic acids is 1.